The topological polar surface area (TPSA) is 48.8 Å². The van der Waals surface area contributed by atoms with Crippen molar-refractivity contribution in [3.63, 3.8) is 0 Å². The van der Waals surface area contributed by atoms with E-state index in [0.29, 0.717) is 39.5 Å². The van der Waals surface area contributed by atoms with Crippen LogP contribution in [0.1, 0.15) is 42.8 Å². The summed E-state index contributed by atoms with van der Waals surface area (Å²) in [5.74, 6) is 1.14. The first-order valence-corrected chi connectivity index (χ1v) is 18.5. The van der Waals surface area contributed by atoms with Crippen LogP contribution in [0.3, 0.4) is 0 Å². The van der Waals surface area contributed by atoms with Gasteiger partial charge >= 0.3 is 0 Å². The average molecular weight is 957 g/mol. The van der Waals surface area contributed by atoms with Crippen molar-refractivity contribution >= 4 is 33.0 Å². The van der Waals surface area contributed by atoms with E-state index in [4.69, 9.17) is 31.2 Å². The molecule has 0 amide bonds. The van der Waals surface area contributed by atoms with Gasteiger partial charge in [-0.25, -0.2) is 4.98 Å². The van der Waals surface area contributed by atoms with E-state index in [1.807, 2.05) is 55.7 Å². The first-order chi connectivity index (χ1) is 33.3. The summed E-state index contributed by atoms with van der Waals surface area (Å²) in [5.41, 5.74) is 2.38. The van der Waals surface area contributed by atoms with Gasteiger partial charge in [-0.2, -0.15) is 18.2 Å². The Morgan fingerprint density at radius 3 is 2.17 bits per heavy atom. The number of ether oxygens (including phenoxy) is 1. The Kier molecular flexibility index (Phi) is 6.99. The molecule has 0 saturated carbocycles. The summed E-state index contributed by atoms with van der Waals surface area (Å²) in [6.45, 7) is 5.58. The van der Waals surface area contributed by atoms with Crippen LogP contribution in [-0.2, 0) is 27.4 Å². The van der Waals surface area contributed by atoms with Crippen molar-refractivity contribution in [1.82, 2.24) is 19.1 Å². The summed E-state index contributed by atoms with van der Waals surface area (Å²) in [5, 5.41) is 1.82. The summed E-state index contributed by atoms with van der Waals surface area (Å²) in [6.07, 6.45) is 4.83. The van der Waals surface area contributed by atoms with E-state index in [-0.39, 0.29) is 54.8 Å². The second-order valence-electron chi connectivity index (χ2n) is 14.5. The predicted octanol–water partition coefficient (Wildman–Crippen LogP) is 11.9. The molecule has 0 aliphatic heterocycles. The number of imidazole rings is 1. The third kappa shape index (κ3) is 7.26. The molecular weight excluding hydrogens is 906 g/mol. The van der Waals surface area contributed by atoms with Crippen LogP contribution in [0.2, 0.25) is 0 Å². The monoisotopic (exact) mass is 956 g/mol. The maximum atomic E-state index is 8.98. The molecule has 0 saturated heterocycles. The van der Waals surface area contributed by atoms with Gasteiger partial charge in [0.05, 0.1) is 19.4 Å². The normalized spacial score (nSPS) is 14.7. The van der Waals surface area contributed by atoms with Crippen LogP contribution in [0.15, 0.2) is 170 Å². The first kappa shape index (κ1) is 26.4. The summed E-state index contributed by atoms with van der Waals surface area (Å²) < 4.78 is 116. The standard InChI is InChI=1S/C52H39N5O.Pt/c1-52(2,3)34-36-28-30-53-49(31-36)57-46-24-11-10-21-44(46)45-27-26-41(33-48(45)57)58-40-20-12-19-39(32-40)55-35-56(47-25-14-29-54-51(47)55)50-42(37-15-6-4-7-16-37)22-13-23-43(50)38-17-8-5-9-18-38;/h4-31H,34H2,1-3H3;/q-2;/i4D,5D,6D,7D,8D,9D,15D,16D,17D,18D,34D2;. The number of rotatable bonds is 8. The van der Waals surface area contributed by atoms with Gasteiger partial charge in [-0.15, -0.1) is 29.7 Å². The predicted molar refractivity (Wildman–Crippen MR) is 232 cm³/mol. The number of para-hydroxylation sites is 2. The van der Waals surface area contributed by atoms with Crippen LogP contribution >= 0.6 is 0 Å². The van der Waals surface area contributed by atoms with E-state index in [9.17, 15) is 0 Å². The van der Waals surface area contributed by atoms with Crippen molar-refractivity contribution in [1.29, 1.82) is 0 Å². The molecule has 0 N–H and O–H groups in total. The van der Waals surface area contributed by atoms with Crippen molar-refractivity contribution in [3.05, 3.63) is 194 Å². The Morgan fingerprint density at radius 2 is 1.42 bits per heavy atom. The molecule has 0 atom stereocenters. The number of benzene rings is 6. The van der Waals surface area contributed by atoms with Crippen LogP contribution in [0.25, 0.3) is 72.4 Å². The summed E-state index contributed by atoms with van der Waals surface area (Å²) >= 11 is 0. The molecule has 0 radical (unpaired) electrons. The zero-order valence-electron chi connectivity index (χ0n) is 43.9. The Labute approximate surface area is 375 Å². The molecule has 0 spiro atoms. The molecule has 0 unspecified atom stereocenters. The van der Waals surface area contributed by atoms with Gasteiger partial charge in [0.15, 0.2) is 5.65 Å². The first-order valence-electron chi connectivity index (χ1n) is 24.5. The Bertz CT molecular complexity index is 3670. The maximum absolute atomic E-state index is 8.98. The fraction of sp³-hybridized carbons (Fsp3) is 0.0962. The van der Waals surface area contributed by atoms with Crippen LogP contribution < -0.4 is 9.30 Å². The van der Waals surface area contributed by atoms with Gasteiger partial charge in [-0.1, -0.05) is 123 Å². The minimum atomic E-state index is -1.67. The van der Waals surface area contributed by atoms with Gasteiger partial charge in [0.1, 0.15) is 11.3 Å². The van der Waals surface area contributed by atoms with Gasteiger partial charge in [-0.05, 0) is 81.0 Å². The van der Waals surface area contributed by atoms with Gasteiger partial charge in [0, 0.05) is 53.2 Å². The SMILES string of the molecule is [2H]c1c([2H])c([2H])c(-c2cccc(-c3c([2H])c([2H])c([2H])c([2H])c3[2H])c2-[n+]2[c-]n(-c3[c-]c(Oc4[c-]c5c(cc4)c4ccccc4n5-c4cc(C([2H])([2H])C(C)(C)C)ccn4)ccc3)c3ncccc32)c([2H])c1[2H].[Pt]. The van der Waals surface area contributed by atoms with E-state index in [2.05, 4.69) is 18.5 Å². The smallest absolute Gasteiger partial charge is 0.269 e. The number of pyridine rings is 2. The number of hydrogen-bond donors (Lipinski definition) is 0. The molecule has 10 rings (SSSR count). The number of nitrogens with zero attached hydrogens (tertiary/aromatic N) is 5. The van der Waals surface area contributed by atoms with Crippen molar-refractivity contribution in [2.45, 2.75) is 27.1 Å². The van der Waals surface area contributed by atoms with Crippen molar-refractivity contribution in [3.8, 4) is 50.9 Å². The van der Waals surface area contributed by atoms with Gasteiger partial charge < -0.3 is 9.30 Å². The number of hydrogen-bond acceptors (Lipinski definition) is 3. The minimum absolute atomic E-state index is 0. The second-order valence-corrected chi connectivity index (χ2v) is 14.5. The van der Waals surface area contributed by atoms with Crippen LogP contribution in [-0.4, -0.2) is 19.1 Å². The molecule has 6 nitrogen and oxygen atoms in total. The third-order valence-corrected chi connectivity index (χ3v) is 9.48. The van der Waals surface area contributed by atoms with Gasteiger partial charge in [0.2, 0.25) is 0 Å². The van der Waals surface area contributed by atoms with E-state index in [1.165, 1.54) is 10.6 Å². The van der Waals surface area contributed by atoms with Crippen LogP contribution in [0.4, 0.5) is 0 Å². The number of fused-ring (bicyclic) bond motifs is 4. The molecule has 0 aliphatic rings. The fourth-order valence-electron chi connectivity index (χ4n) is 7.20. The van der Waals surface area contributed by atoms with Gasteiger partial charge in [-0.3, -0.25) is 14.1 Å². The van der Waals surface area contributed by atoms with Crippen molar-refractivity contribution in [2.75, 3.05) is 0 Å². The van der Waals surface area contributed by atoms with E-state index < -0.39 is 72.2 Å². The van der Waals surface area contributed by atoms with Crippen molar-refractivity contribution < 1.29 is 46.8 Å². The Hall–Kier alpha value is -6.62. The van der Waals surface area contributed by atoms with E-state index >= 15 is 0 Å². The molecule has 59 heavy (non-hydrogen) atoms. The van der Waals surface area contributed by atoms with E-state index in [0.717, 1.165) is 16.3 Å². The number of aromatic nitrogens is 5. The molecule has 4 heterocycles. The Morgan fingerprint density at radius 1 is 0.712 bits per heavy atom. The fourth-order valence-corrected chi connectivity index (χ4v) is 7.20. The van der Waals surface area contributed by atoms with Gasteiger partial charge in [0.25, 0.3) is 6.33 Å². The molecular formula is C52H39N5OPt-2. The summed E-state index contributed by atoms with van der Waals surface area (Å²) in [7, 11) is 0. The van der Waals surface area contributed by atoms with Crippen molar-refractivity contribution in [2.24, 2.45) is 5.41 Å². The molecule has 10 aromatic rings. The molecule has 0 bridgehead atoms. The maximum Gasteiger partial charge on any atom is 0.269 e. The molecule has 0 fully saturated rings. The molecule has 290 valence electrons. The minimum Gasteiger partial charge on any atom is -0.510 e. The molecule has 6 aromatic carbocycles. The average Bonchev–Trinajstić information content (AvgIpc) is 3.90. The molecule has 0 aliphatic carbocycles. The molecule has 7 heteroatoms. The summed E-state index contributed by atoms with van der Waals surface area (Å²) in [6, 6.07) is 29.5. The zero-order chi connectivity index (χ0) is 49.7. The second kappa shape index (κ2) is 15.6. The third-order valence-electron chi connectivity index (χ3n) is 9.48. The van der Waals surface area contributed by atoms with Crippen LogP contribution in [0.5, 0.6) is 11.5 Å². The van der Waals surface area contributed by atoms with Crippen LogP contribution in [0, 0.1) is 23.9 Å². The molecule has 4 aromatic heterocycles. The Balaban J connectivity index is 0.00000624. The zero-order valence-corrected chi connectivity index (χ0v) is 34.1. The summed E-state index contributed by atoms with van der Waals surface area (Å²) in [4.78, 5) is 9.39. The van der Waals surface area contributed by atoms with E-state index in [1.54, 1.807) is 77.6 Å². The quantitative estimate of drug-likeness (QED) is 0.113. The largest absolute Gasteiger partial charge is 0.510 e.